The molecule has 0 spiro atoms. The Morgan fingerprint density at radius 1 is 1.00 bits per heavy atom. The van der Waals surface area contributed by atoms with Gasteiger partial charge >= 0.3 is 0 Å². The van der Waals surface area contributed by atoms with E-state index in [9.17, 15) is 5.11 Å². The van der Waals surface area contributed by atoms with Crippen LogP contribution in [0.4, 0.5) is 0 Å². The van der Waals surface area contributed by atoms with Crippen LogP contribution in [-0.2, 0) is 5.60 Å². The molecule has 0 aliphatic carbocycles. The van der Waals surface area contributed by atoms with E-state index in [2.05, 4.69) is 6.58 Å². The highest BCUT2D eigenvalue weighted by Crippen LogP contribution is 2.36. The quantitative estimate of drug-likeness (QED) is 0.897. The maximum absolute atomic E-state index is 11.4. The van der Waals surface area contributed by atoms with E-state index in [-0.39, 0.29) is 0 Å². The number of rotatable bonds is 5. The summed E-state index contributed by atoms with van der Waals surface area (Å²) in [5, 5.41) is 11.4. The Balaban J connectivity index is 2.58. The van der Waals surface area contributed by atoms with Crippen LogP contribution in [0.1, 0.15) is 18.1 Å². The van der Waals surface area contributed by atoms with E-state index in [1.54, 1.807) is 0 Å². The Bertz CT molecular complexity index is 523. The zero-order chi connectivity index (χ0) is 14.6. The van der Waals surface area contributed by atoms with Crippen LogP contribution in [-0.4, -0.2) is 23.6 Å². The Labute approximate surface area is 121 Å². The third kappa shape index (κ3) is 2.47. The van der Waals surface area contributed by atoms with Crippen LogP contribution in [0.3, 0.4) is 0 Å². The molecule has 0 bridgehead atoms. The minimum atomic E-state index is -1.20. The number of hydrogen-bond acceptors (Lipinski definition) is 2. The Kier molecular flexibility index (Phi) is 4.26. The zero-order valence-electron chi connectivity index (χ0n) is 12.1. The lowest BCUT2D eigenvalue weighted by atomic mass is 9.83. The topological polar surface area (TPSA) is 23.5 Å². The first kappa shape index (κ1) is 14.4. The van der Waals surface area contributed by atoms with Gasteiger partial charge in [0.05, 0.1) is 0 Å². The normalized spacial score (nSPS) is 11.2. The second kappa shape index (κ2) is 5.93. The second-order valence-corrected chi connectivity index (χ2v) is 4.90. The maximum atomic E-state index is 11.4. The second-order valence-electron chi connectivity index (χ2n) is 4.90. The summed E-state index contributed by atoms with van der Waals surface area (Å²) in [4.78, 5) is 1.97. The van der Waals surface area contributed by atoms with Crippen molar-refractivity contribution in [1.29, 1.82) is 0 Å². The third-order valence-corrected chi connectivity index (χ3v) is 3.74. The summed E-state index contributed by atoms with van der Waals surface area (Å²) in [6.07, 6.45) is 0. The summed E-state index contributed by atoms with van der Waals surface area (Å²) in [5.74, 6) is 0. The lowest BCUT2D eigenvalue weighted by Crippen LogP contribution is -2.37. The number of benzene rings is 2. The number of likely N-dealkylation sites (N-methyl/N-ethyl adjacent to an activating group) is 1. The highest BCUT2D eigenvalue weighted by Gasteiger charge is 2.36. The molecule has 0 saturated heterocycles. The molecule has 104 valence electrons. The summed E-state index contributed by atoms with van der Waals surface area (Å²) in [7, 11) is 1.94. The zero-order valence-corrected chi connectivity index (χ0v) is 12.1. The van der Waals surface area contributed by atoms with Crippen LogP contribution in [0, 0.1) is 0 Å². The van der Waals surface area contributed by atoms with E-state index in [0.717, 1.165) is 17.7 Å². The first-order valence-electron chi connectivity index (χ1n) is 6.84. The minimum Gasteiger partial charge on any atom is -0.376 e. The van der Waals surface area contributed by atoms with Gasteiger partial charge in [-0.1, -0.05) is 67.2 Å². The van der Waals surface area contributed by atoms with Gasteiger partial charge in [0.15, 0.2) is 5.60 Å². The SMILES string of the molecule is C=C(N(C)CC)C(O)(c1ccccc1)c1ccccc1. The molecule has 0 radical (unpaired) electrons. The van der Waals surface area contributed by atoms with Gasteiger partial charge in [0.25, 0.3) is 0 Å². The lowest BCUT2D eigenvalue weighted by molar-refractivity contribution is 0.0902. The van der Waals surface area contributed by atoms with Crippen molar-refractivity contribution in [1.82, 2.24) is 4.90 Å². The molecular weight excluding hydrogens is 246 g/mol. The monoisotopic (exact) mass is 267 g/mol. The third-order valence-electron chi connectivity index (χ3n) is 3.74. The van der Waals surface area contributed by atoms with E-state index in [1.807, 2.05) is 79.5 Å². The van der Waals surface area contributed by atoms with Crippen LogP contribution in [0.2, 0.25) is 0 Å². The van der Waals surface area contributed by atoms with E-state index in [0.29, 0.717) is 5.70 Å². The molecular formula is C18H21NO. The molecule has 0 amide bonds. The predicted octanol–water partition coefficient (Wildman–Crippen LogP) is 3.39. The van der Waals surface area contributed by atoms with Crippen molar-refractivity contribution < 1.29 is 5.11 Å². The largest absolute Gasteiger partial charge is 0.376 e. The maximum Gasteiger partial charge on any atom is 0.154 e. The van der Waals surface area contributed by atoms with Crippen molar-refractivity contribution in [2.45, 2.75) is 12.5 Å². The highest BCUT2D eigenvalue weighted by molar-refractivity contribution is 5.43. The van der Waals surface area contributed by atoms with Crippen LogP contribution in [0.15, 0.2) is 72.9 Å². The van der Waals surface area contributed by atoms with Crippen molar-refractivity contribution in [2.75, 3.05) is 13.6 Å². The highest BCUT2D eigenvalue weighted by atomic mass is 16.3. The summed E-state index contributed by atoms with van der Waals surface area (Å²) >= 11 is 0. The number of aliphatic hydroxyl groups is 1. The molecule has 20 heavy (non-hydrogen) atoms. The molecule has 0 heterocycles. The molecule has 0 fully saturated rings. The van der Waals surface area contributed by atoms with Gasteiger partial charge in [-0.2, -0.15) is 0 Å². The fourth-order valence-corrected chi connectivity index (χ4v) is 2.33. The first-order valence-corrected chi connectivity index (χ1v) is 6.84. The van der Waals surface area contributed by atoms with Gasteiger partial charge in [-0.3, -0.25) is 0 Å². The van der Waals surface area contributed by atoms with E-state index in [4.69, 9.17) is 0 Å². The van der Waals surface area contributed by atoms with Crippen LogP contribution in [0.25, 0.3) is 0 Å². The van der Waals surface area contributed by atoms with Gasteiger partial charge < -0.3 is 10.0 Å². The fourth-order valence-electron chi connectivity index (χ4n) is 2.33. The van der Waals surface area contributed by atoms with Gasteiger partial charge in [0.1, 0.15) is 0 Å². The molecule has 2 aromatic carbocycles. The molecule has 2 heteroatoms. The Morgan fingerprint density at radius 3 is 1.75 bits per heavy atom. The van der Waals surface area contributed by atoms with Crippen molar-refractivity contribution in [2.24, 2.45) is 0 Å². The van der Waals surface area contributed by atoms with Crippen LogP contribution < -0.4 is 0 Å². The smallest absolute Gasteiger partial charge is 0.154 e. The van der Waals surface area contributed by atoms with Gasteiger partial charge in [-0.05, 0) is 18.1 Å². The van der Waals surface area contributed by atoms with Crippen molar-refractivity contribution in [3.05, 3.63) is 84.1 Å². The fraction of sp³-hybridized carbons (Fsp3) is 0.222. The lowest BCUT2D eigenvalue weighted by Gasteiger charge is -2.36. The number of nitrogens with zero attached hydrogens (tertiary/aromatic N) is 1. The molecule has 1 N–H and O–H groups in total. The predicted molar refractivity (Wildman–Crippen MR) is 83.3 cm³/mol. The van der Waals surface area contributed by atoms with Gasteiger partial charge in [0.2, 0.25) is 0 Å². The summed E-state index contributed by atoms with van der Waals surface area (Å²) in [5.41, 5.74) is 1.14. The van der Waals surface area contributed by atoms with Crippen LogP contribution >= 0.6 is 0 Å². The average molecular weight is 267 g/mol. The van der Waals surface area contributed by atoms with E-state index in [1.165, 1.54) is 0 Å². The van der Waals surface area contributed by atoms with Crippen molar-refractivity contribution >= 4 is 0 Å². The van der Waals surface area contributed by atoms with Gasteiger partial charge in [-0.25, -0.2) is 0 Å². The summed E-state index contributed by atoms with van der Waals surface area (Å²) in [6, 6.07) is 19.4. The van der Waals surface area contributed by atoms with Crippen LogP contribution in [0.5, 0.6) is 0 Å². The average Bonchev–Trinajstić information content (AvgIpc) is 2.54. The first-order chi connectivity index (χ1) is 9.60. The molecule has 0 aromatic heterocycles. The molecule has 0 unspecified atom stereocenters. The molecule has 2 rings (SSSR count). The summed E-state index contributed by atoms with van der Waals surface area (Å²) in [6.45, 7) is 6.96. The summed E-state index contributed by atoms with van der Waals surface area (Å²) < 4.78 is 0. The molecule has 0 atom stereocenters. The van der Waals surface area contributed by atoms with Gasteiger partial charge in [-0.15, -0.1) is 0 Å². The van der Waals surface area contributed by atoms with Crippen molar-refractivity contribution in [3.8, 4) is 0 Å². The molecule has 2 nitrogen and oxygen atoms in total. The van der Waals surface area contributed by atoms with E-state index >= 15 is 0 Å². The molecule has 2 aromatic rings. The minimum absolute atomic E-state index is 0.678. The molecule has 0 saturated carbocycles. The Hall–Kier alpha value is -2.06. The van der Waals surface area contributed by atoms with E-state index < -0.39 is 5.60 Å². The van der Waals surface area contributed by atoms with Crippen molar-refractivity contribution in [3.63, 3.8) is 0 Å². The Morgan fingerprint density at radius 2 is 1.40 bits per heavy atom. The van der Waals surface area contributed by atoms with Gasteiger partial charge in [0, 0.05) is 19.3 Å². The molecule has 0 aliphatic rings. The number of hydrogen-bond donors (Lipinski definition) is 1. The standard InChI is InChI=1S/C18H21NO/c1-4-19(3)15(2)18(20,16-11-7-5-8-12-16)17-13-9-6-10-14-17/h5-14,20H,2,4H2,1,3H3. The molecule has 0 aliphatic heterocycles.